The Morgan fingerprint density at radius 3 is 0.715 bits per heavy atom. The Labute approximate surface area is 844 Å². The molecule has 17 heteroatoms. The summed E-state index contributed by atoms with van der Waals surface area (Å²) in [5, 5.41) is 14.3. The monoisotopic (exact) mass is 1910 g/mol. The summed E-state index contributed by atoms with van der Waals surface area (Å²) in [6.07, 6.45) is 0. The van der Waals surface area contributed by atoms with Crippen LogP contribution in [0.3, 0.4) is 0 Å². The highest BCUT2D eigenvalue weighted by Gasteiger charge is 2.23. The molecule has 8 heterocycles. The first-order valence-electron chi connectivity index (χ1n) is 47.4. The molecule has 144 heavy (non-hydrogen) atoms. The van der Waals surface area contributed by atoms with Gasteiger partial charge in [0.2, 0.25) is 0 Å². The third-order valence-corrected chi connectivity index (χ3v) is 29.7. The molecular weight excluding hydrogens is 1840 g/mol. The van der Waals surface area contributed by atoms with Crippen molar-refractivity contribution in [3.63, 3.8) is 0 Å². The summed E-state index contributed by atoms with van der Waals surface area (Å²) in [6, 6.07) is 164. The van der Waals surface area contributed by atoms with Gasteiger partial charge in [-0.1, -0.05) is 406 Å². The van der Waals surface area contributed by atoms with Gasteiger partial charge in [-0.05, 0) is 94.3 Å². The first-order chi connectivity index (χ1) is 71.3. The number of hydrogen-bond donors (Lipinski definition) is 0. The molecule has 0 amide bonds. The zero-order chi connectivity index (χ0) is 95.6. The fourth-order valence-electron chi connectivity index (χ4n) is 18.3. The van der Waals surface area contributed by atoms with Crippen LogP contribution in [0.25, 0.3) is 261 Å². The second kappa shape index (κ2) is 38.9. The summed E-state index contributed by atoms with van der Waals surface area (Å²) in [5.74, 6) is 3.38. The van der Waals surface area contributed by atoms with E-state index in [-0.39, 0.29) is 0 Å². The van der Waals surface area contributed by atoms with E-state index in [1.807, 2.05) is 206 Å². The molecule has 0 saturated heterocycles. The van der Waals surface area contributed by atoms with E-state index in [2.05, 4.69) is 273 Å². The predicted octanol–water partition coefficient (Wildman–Crippen LogP) is 34.0. The SMILES string of the molecule is c1ccc(-c2cc(-c3ccccc3)nc(-c3ccc4ccc5sc(-c6ccccc6)nc5c4c3)n2)cc1.c1ccc(-c2nc(-c3ccccc3)nc(-c3ccc4ccc5sc(-c6ccccc6)nc5c4c3)n2)cc1.c1ccc(-c2nc3c(ccc4ccc(-c5nc(-c6ccccc6)c6ccccc6n5)cc43)s2)cc1.c1ccc(-c2nc3c(ccc4ccc(-c5nc6ccccc6nc5-c5ccccc5)cc43)s2)cc1. The van der Waals surface area contributed by atoms with Crippen LogP contribution in [0.1, 0.15) is 0 Å². The third kappa shape index (κ3) is 17.8. The Hall–Kier alpha value is -18.2. The molecule has 0 unspecified atom stereocenters. The van der Waals surface area contributed by atoms with Gasteiger partial charge in [-0.2, -0.15) is 0 Å². The van der Waals surface area contributed by atoms with Crippen molar-refractivity contribution >= 4 is 151 Å². The highest BCUT2D eigenvalue weighted by molar-refractivity contribution is 7.23. The van der Waals surface area contributed by atoms with Crippen LogP contribution in [0, 0.1) is 0 Å². The molecule has 8 aromatic heterocycles. The molecule has 0 saturated carbocycles. The van der Waals surface area contributed by atoms with Crippen molar-refractivity contribution in [3.8, 4) is 156 Å². The van der Waals surface area contributed by atoms with Crippen LogP contribution >= 0.6 is 45.3 Å². The Balaban J connectivity index is 0.000000101. The molecule has 0 radical (unpaired) electrons. The van der Waals surface area contributed by atoms with E-state index in [1.165, 1.54) is 19.5 Å². The van der Waals surface area contributed by atoms with E-state index in [4.69, 9.17) is 64.8 Å². The minimum atomic E-state index is 0.644. The topological polar surface area (TPSA) is 168 Å². The summed E-state index contributed by atoms with van der Waals surface area (Å²) in [7, 11) is 0. The maximum absolute atomic E-state index is 5.08. The molecule has 28 rings (SSSR count). The second-order valence-electron chi connectivity index (χ2n) is 34.7. The quantitative estimate of drug-likeness (QED) is 0.101. The van der Waals surface area contributed by atoms with Gasteiger partial charge in [0.15, 0.2) is 29.1 Å². The van der Waals surface area contributed by atoms with Gasteiger partial charge in [-0.3, -0.25) is 0 Å². The van der Waals surface area contributed by atoms with Crippen LogP contribution in [0.5, 0.6) is 0 Å². The summed E-state index contributed by atoms with van der Waals surface area (Å²) in [4.78, 5) is 64.9. The molecule has 0 aliphatic rings. The van der Waals surface area contributed by atoms with Crippen LogP contribution in [0.2, 0.25) is 0 Å². The molecule has 20 aromatic carbocycles. The first-order valence-corrected chi connectivity index (χ1v) is 50.6. The van der Waals surface area contributed by atoms with Gasteiger partial charge < -0.3 is 0 Å². The van der Waals surface area contributed by atoms with E-state index < -0.39 is 0 Å². The molecular formula is C127H79N13S4. The molecule has 0 spiro atoms. The molecule has 0 atom stereocenters. The first kappa shape index (κ1) is 87.3. The minimum absolute atomic E-state index is 0.644. The molecule has 0 N–H and O–H groups in total. The number of rotatable bonds is 14. The van der Waals surface area contributed by atoms with Crippen molar-refractivity contribution in [3.05, 3.63) is 479 Å². The van der Waals surface area contributed by atoms with Gasteiger partial charge in [-0.25, -0.2) is 64.8 Å². The number of benzene rings is 20. The predicted molar refractivity (Wildman–Crippen MR) is 600 cm³/mol. The summed E-state index contributed by atoms with van der Waals surface area (Å²) >= 11 is 6.89. The number of hydrogen-bond acceptors (Lipinski definition) is 17. The van der Waals surface area contributed by atoms with E-state index in [9.17, 15) is 0 Å². The number of aromatic nitrogens is 13. The lowest BCUT2D eigenvalue weighted by Crippen LogP contribution is -2.00. The smallest absolute Gasteiger partial charge is 0.164 e. The summed E-state index contributed by atoms with van der Waals surface area (Å²) in [6.45, 7) is 0. The van der Waals surface area contributed by atoms with Crippen LogP contribution < -0.4 is 0 Å². The van der Waals surface area contributed by atoms with Crippen molar-refractivity contribution in [2.45, 2.75) is 0 Å². The van der Waals surface area contributed by atoms with Crippen molar-refractivity contribution in [2.24, 2.45) is 0 Å². The Morgan fingerprint density at radius 1 is 0.132 bits per heavy atom. The van der Waals surface area contributed by atoms with Gasteiger partial charge in [0.1, 0.15) is 20.0 Å². The van der Waals surface area contributed by atoms with Crippen molar-refractivity contribution in [2.75, 3.05) is 0 Å². The van der Waals surface area contributed by atoms with Gasteiger partial charge in [0, 0.05) is 105 Å². The maximum Gasteiger partial charge on any atom is 0.164 e. The van der Waals surface area contributed by atoms with Crippen molar-refractivity contribution in [1.82, 2.24) is 64.8 Å². The molecule has 13 nitrogen and oxygen atoms in total. The van der Waals surface area contributed by atoms with Crippen molar-refractivity contribution < 1.29 is 0 Å². The highest BCUT2D eigenvalue weighted by Crippen LogP contribution is 2.44. The average molecular weight is 1920 g/mol. The van der Waals surface area contributed by atoms with E-state index in [0.29, 0.717) is 23.3 Å². The third-order valence-electron chi connectivity index (χ3n) is 25.5. The number of fused-ring (bicyclic) bond motifs is 14. The molecule has 0 fully saturated rings. The summed E-state index contributed by atoms with van der Waals surface area (Å²) < 4.78 is 4.70. The van der Waals surface area contributed by atoms with Gasteiger partial charge in [-0.15, -0.1) is 45.3 Å². The van der Waals surface area contributed by atoms with Crippen molar-refractivity contribution in [1.29, 1.82) is 0 Å². The standard InChI is InChI=1S/C33H21N3S.C32H20N4S.2C31H19N3S/c1-4-10-23(11-5-1)28-21-29(24-12-6-2-7-13-24)35-32(34-28)26-17-16-22-18-19-30-31(27(22)20-26)36-33(37-30)25-14-8-3-9-15-25;1-4-10-22(11-5-1)29-34-30(23-12-6-2-7-13-23)36-31(35-29)25-17-16-21-18-19-27-28(26(21)20-25)33-32(37-27)24-14-8-3-9-15-24;1-3-9-21(10-4-1)28-29(33-26-14-8-7-13-25(26)32-28)23-16-15-20-17-18-27-30(24(20)19-23)34-31(35-27)22-11-5-2-6-12-22;1-3-9-21(10-4-1)28-24-13-7-8-14-26(24)32-30(33-28)23-16-15-20-17-18-27-29(25(20)19-23)34-31(35-27)22-11-5-2-6-12-22/h1-21H;1-20H;2*1-19H. The number of para-hydroxylation sites is 3. The maximum atomic E-state index is 5.08. The van der Waals surface area contributed by atoms with Crippen LogP contribution in [-0.4, -0.2) is 64.8 Å². The van der Waals surface area contributed by atoms with Crippen LogP contribution in [0.15, 0.2) is 479 Å². The molecule has 0 aliphatic heterocycles. The zero-order valence-corrected chi connectivity index (χ0v) is 80.3. The Bertz CT molecular complexity index is 9230. The normalized spacial score (nSPS) is 11.3. The van der Waals surface area contributed by atoms with Gasteiger partial charge in [0.05, 0.1) is 85.9 Å². The van der Waals surface area contributed by atoms with Crippen LogP contribution in [0.4, 0.5) is 0 Å². The Kier molecular flexibility index (Phi) is 23.6. The fourth-order valence-corrected chi connectivity index (χ4v) is 22.2. The molecule has 0 aliphatic carbocycles. The van der Waals surface area contributed by atoms with Gasteiger partial charge in [0.25, 0.3) is 0 Å². The number of nitrogens with zero attached hydrogens (tertiary/aromatic N) is 13. The lowest BCUT2D eigenvalue weighted by molar-refractivity contribution is 1.07. The van der Waals surface area contributed by atoms with E-state index in [0.717, 1.165) is 219 Å². The van der Waals surface area contributed by atoms with Crippen LogP contribution in [-0.2, 0) is 0 Å². The number of thiazole rings is 4. The van der Waals surface area contributed by atoms with E-state index in [1.54, 1.807) is 45.3 Å². The molecule has 676 valence electrons. The lowest BCUT2D eigenvalue weighted by atomic mass is 10.00. The average Bonchev–Trinajstić information content (AvgIpc) is 1.41. The second-order valence-corrected chi connectivity index (χ2v) is 38.8. The lowest BCUT2D eigenvalue weighted by Gasteiger charge is -2.11. The molecule has 0 bridgehead atoms. The fraction of sp³-hybridized carbons (Fsp3) is 0. The highest BCUT2D eigenvalue weighted by atomic mass is 32.1. The van der Waals surface area contributed by atoms with Gasteiger partial charge >= 0.3 is 0 Å². The molecule has 28 aromatic rings. The Morgan fingerprint density at radius 2 is 0.375 bits per heavy atom. The van der Waals surface area contributed by atoms with E-state index >= 15 is 0 Å². The zero-order valence-electron chi connectivity index (χ0n) is 77.1. The summed E-state index contributed by atoms with van der Waals surface area (Å²) in [5.41, 5.74) is 26.0. The largest absolute Gasteiger partial charge is 0.244 e. The minimum Gasteiger partial charge on any atom is -0.244 e.